The second-order valence-electron chi connectivity index (χ2n) is 5.68. The minimum Gasteiger partial charge on any atom is -0.391 e. The van der Waals surface area contributed by atoms with Crippen LogP contribution >= 0.6 is 11.5 Å². The molecule has 6 nitrogen and oxygen atoms in total. The zero-order chi connectivity index (χ0) is 14.2. The Bertz CT molecular complexity index is 496. The van der Waals surface area contributed by atoms with Gasteiger partial charge in [-0.3, -0.25) is 4.79 Å². The van der Waals surface area contributed by atoms with E-state index in [2.05, 4.69) is 19.6 Å². The van der Waals surface area contributed by atoms with Crippen molar-refractivity contribution in [3.8, 4) is 0 Å². The highest BCUT2D eigenvalue weighted by atomic mass is 32.1. The topological polar surface area (TPSA) is 78.4 Å². The molecule has 2 aliphatic heterocycles. The summed E-state index contributed by atoms with van der Waals surface area (Å²) in [6.45, 7) is 4.04. The van der Waals surface area contributed by atoms with Crippen molar-refractivity contribution in [2.45, 2.75) is 38.7 Å². The molecule has 7 heteroatoms. The van der Waals surface area contributed by atoms with Crippen LogP contribution in [-0.2, 0) is 11.2 Å². The molecule has 0 saturated carbocycles. The summed E-state index contributed by atoms with van der Waals surface area (Å²) in [6, 6.07) is 0. The lowest BCUT2D eigenvalue weighted by molar-refractivity contribution is -0.138. The Morgan fingerprint density at radius 3 is 2.90 bits per heavy atom. The van der Waals surface area contributed by atoms with Gasteiger partial charge in [-0.2, -0.15) is 4.37 Å². The van der Waals surface area contributed by atoms with Crippen LogP contribution < -0.4 is 10.2 Å². The number of aromatic nitrogens is 2. The SMILES string of the molecule is CCc1nsc(N2CCC3(CC2)CC(O)CNC3=O)n1. The quantitative estimate of drug-likeness (QED) is 0.834. The second kappa shape index (κ2) is 5.29. The van der Waals surface area contributed by atoms with Gasteiger partial charge in [0.15, 0.2) is 0 Å². The van der Waals surface area contributed by atoms with Gasteiger partial charge in [0.1, 0.15) is 5.82 Å². The Balaban J connectivity index is 1.68. The van der Waals surface area contributed by atoms with Crippen LogP contribution in [-0.4, -0.2) is 46.1 Å². The molecule has 1 aromatic rings. The van der Waals surface area contributed by atoms with E-state index in [1.54, 1.807) is 0 Å². The van der Waals surface area contributed by atoms with Crippen molar-refractivity contribution in [3.63, 3.8) is 0 Å². The molecule has 20 heavy (non-hydrogen) atoms. The Hall–Kier alpha value is -1.21. The first kappa shape index (κ1) is 13.8. The number of nitrogens with one attached hydrogen (secondary N) is 1. The van der Waals surface area contributed by atoms with Gasteiger partial charge in [-0.05, 0) is 19.3 Å². The fourth-order valence-corrected chi connectivity index (χ4v) is 3.89. The standard InChI is InChI=1S/C13H20N4O2S/c1-2-10-15-12(20-16-10)17-5-3-13(4-6-17)7-9(18)8-14-11(13)19/h9,18H,2-8H2,1H3,(H,14,19). The maximum Gasteiger partial charge on any atom is 0.226 e. The molecule has 3 rings (SSSR count). The minimum atomic E-state index is -0.410. The van der Waals surface area contributed by atoms with Crippen molar-refractivity contribution in [2.75, 3.05) is 24.5 Å². The van der Waals surface area contributed by atoms with Crippen molar-refractivity contribution >= 4 is 22.6 Å². The number of aryl methyl sites for hydroxylation is 1. The monoisotopic (exact) mass is 296 g/mol. The molecule has 1 aromatic heterocycles. The van der Waals surface area contributed by atoms with Crippen LogP contribution in [0.25, 0.3) is 0 Å². The third kappa shape index (κ3) is 2.40. The summed E-state index contributed by atoms with van der Waals surface area (Å²) in [5.74, 6) is 0.991. The first-order valence-electron chi connectivity index (χ1n) is 7.17. The molecule has 2 saturated heterocycles. The number of anilines is 1. The largest absolute Gasteiger partial charge is 0.391 e. The van der Waals surface area contributed by atoms with Gasteiger partial charge in [-0.15, -0.1) is 0 Å². The molecule has 2 fully saturated rings. The molecule has 0 aliphatic carbocycles. The second-order valence-corrected chi connectivity index (χ2v) is 6.41. The Morgan fingerprint density at radius 1 is 1.50 bits per heavy atom. The van der Waals surface area contributed by atoms with E-state index in [1.807, 2.05) is 6.92 Å². The highest BCUT2D eigenvalue weighted by Crippen LogP contribution is 2.39. The number of piperidine rings is 2. The molecule has 1 amide bonds. The molecule has 110 valence electrons. The summed E-state index contributed by atoms with van der Waals surface area (Å²) >= 11 is 1.43. The zero-order valence-electron chi connectivity index (χ0n) is 11.6. The molecule has 0 radical (unpaired) electrons. The summed E-state index contributed by atoms with van der Waals surface area (Å²) in [7, 11) is 0. The Labute approximate surface area is 122 Å². The predicted molar refractivity (Wildman–Crippen MR) is 76.8 cm³/mol. The van der Waals surface area contributed by atoms with E-state index in [9.17, 15) is 9.90 Å². The third-order valence-corrected chi connectivity index (χ3v) is 5.19. The Morgan fingerprint density at radius 2 is 2.25 bits per heavy atom. The molecular formula is C13H20N4O2S. The van der Waals surface area contributed by atoms with Crippen LogP contribution in [0.3, 0.4) is 0 Å². The first-order valence-corrected chi connectivity index (χ1v) is 7.94. The van der Waals surface area contributed by atoms with Crippen LogP contribution in [0, 0.1) is 5.41 Å². The number of hydrogen-bond donors (Lipinski definition) is 2. The molecule has 0 aromatic carbocycles. The lowest BCUT2D eigenvalue weighted by Crippen LogP contribution is -2.56. The van der Waals surface area contributed by atoms with E-state index in [1.165, 1.54) is 11.5 Å². The number of carbonyl (C=O) groups is 1. The predicted octanol–water partition coefficient (Wildman–Crippen LogP) is 0.568. The molecule has 1 spiro atoms. The van der Waals surface area contributed by atoms with E-state index < -0.39 is 6.10 Å². The highest BCUT2D eigenvalue weighted by Gasteiger charge is 2.45. The maximum atomic E-state index is 12.1. The number of aliphatic hydroxyl groups is 1. The van der Waals surface area contributed by atoms with E-state index in [-0.39, 0.29) is 11.3 Å². The zero-order valence-corrected chi connectivity index (χ0v) is 12.4. The van der Waals surface area contributed by atoms with Gasteiger partial charge in [0, 0.05) is 37.6 Å². The molecule has 3 heterocycles. The van der Waals surface area contributed by atoms with Gasteiger partial charge in [-0.25, -0.2) is 4.98 Å². The maximum absolute atomic E-state index is 12.1. The lowest BCUT2D eigenvalue weighted by Gasteiger charge is -2.44. The lowest BCUT2D eigenvalue weighted by atomic mass is 9.71. The number of hydrogen-bond acceptors (Lipinski definition) is 6. The van der Waals surface area contributed by atoms with E-state index in [0.717, 1.165) is 43.3 Å². The average molecular weight is 296 g/mol. The number of carbonyl (C=O) groups excluding carboxylic acids is 1. The van der Waals surface area contributed by atoms with Gasteiger partial charge in [0.05, 0.1) is 11.5 Å². The number of amides is 1. The van der Waals surface area contributed by atoms with Gasteiger partial charge in [0.2, 0.25) is 11.0 Å². The number of aliphatic hydroxyl groups excluding tert-OH is 1. The van der Waals surface area contributed by atoms with E-state index >= 15 is 0 Å². The molecule has 2 N–H and O–H groups in total. The van der Waals surface area contributed by atoms with Crippen molar-refractivity contribution in [1.82, 2.24) is 14.7 Å². The van der Waals surface area contributed by atoms with Gasteiger partial charge in [-0.1, -0.05) is 6.92 Å². The van der Waals surface area contributed by atoms with Gasteiger partial charge in [0.25, 0.3) is 0 Å². The normalized spacial score (nSPS) is 25.8. The van der Waals surface area contributed by atoms with Crippen molar-refractivity contribution in [2.24, 2.45) is 5.41 Å². The molecule has 1 atom stereocenters. The molecule has 2 aliphatic rings. The van der Waals surface area contributed by atoms with E-state index in [0.29, 0.717) is 13.0 Å². The van der Waals surface area contributed by atoms with Crippen LogP contribution in [0.1, 0.15) is 32.0 Å². The molecule has 0 bridgehead atoms. The third-order valence-electron chi connectivity index (χ3n) is 4.37. The average Bonchev–Trinajstić information content (AvgIpc) is 2.93. The summed E-state index contributed by atoms with van der Waals surface area (Å²) < 4.78 is 4.31. The van der Waals surface area contributed by atoms with Crippen LogP contribution in [0.5, 0.6) is 0 Å². The molecule has 1 unspecified atom stereocenters. The number of β-amino-alcohol motifs (C(OH)–C–C–N with tert-alkyl or cyclic N) is 1. The Kier molecular flexibility index (Phi) is 3.64. The fourth-order valence-electron chi connectivity index (χ4n) is 3.09. The van der Waals surface area contributed by atoms with Crippen LogP contribution in [0.2, 0.25) is 0 Å². The minimum absolute atomic E-state index is 0.106. The van der Waals surface area contributed by atoms with Crippen molar-refractivity contribution in [3.05, 3.63) is 5.82 Å². The van der Waals surface area contributed by atoms with Crippen LogP contribution in [0.15, 0.2) is 0 Å². The van der Waals surface area contributed by atoms with E-state index in [4.69, 9.17) is 0 Å². The summed E-state index contributed by atoms with van der Waals surface area (Å²) in [6.07, 6.45) is 2.58. The summed E-state index contributed by atoms with van der Waals surface area (Å²) in [5, 5.41) is 13.6. The summed E-state index contributed by atoms with van der Waals surface area (Å²) in [5.41, 5.74) is -0.382. The molecular weight excluding hydrogens is 276 g/mol. The van der Waals surface area contributed by atoms with Crippen LogP contribution in [0.4, 0.5) is 5.13 Å². The smallest absolute Gasteiger partial charge is 0.226 e. The van der Waals surface area contributed by atoms with Crippen molar-refractivity contribution in [1.29, 1.82) is 0 Å². The van der Waals surface area contributed by atoms with Crippen molar-refractivity contribution < 1.29 is 9.90 Å². The number of nitrogens with zero attached hydrogens (tertiary/aromatic N) is 3. The highest BCUT2D eigenvalue weighted by molar-refractivity contribution is 7.09. The van der Waals surface area contributed by atoms with Gasteiger partial charge >= 0.3 is 0 Å². The number of rotatable bonds is 2. The first-order chi connectivity index (χ1) is 9.63. The fraction of sp³-hybridized carbons (Fsp3) is 0.769. The van der Waals surface area contributed by atoms with Gasteiger partial charge < -0.3 is 15.3 Å². The summed E-state index contributed by atoms with van der Waals surface area (Å²) in [4.78, 5) is 18.9.